The third-order valence-electron chi connectivity index (χ3n) is 2.31. The van der Waals surface area contributed by atoms with Crippen molar-refractivity contribution in [2.75, 3.05) is 6.61 Å². The average Bonchev–Trinajstić information content (AvgIpc) is 2.71. The number of rotatable bonds is 5. The van der Waals surface area contributed by atoms with E-state index in [0.717, 1.165) is 23.5 Å². The lowest BCUT2D eigenvalue weighted by molar-refractivity contribution is 0.131. The van der Waals surface area contributed by atoms with E-state index in [1.54, 1.807) is 6.20 Å². The fourth-order valence-electron chi connectivity index (χ4n) is 1.39. The van der Waals surface area contributed by atoms with E-state index in [0.29, 0.717) is 6.61 Å². The van der Waals surface area contributed by atoms with Gasteiger partial charge in [0, 0.05) is 21.6 Å². The van der Waals surface area contributed by atoms with E-state index in [-0.39, 0.29) is 8.80 Å². The van der Waals surface area contributed by atoms with Gasteiger partial charge in [0.25, 0.3) is 0 Å². The van der Waals surface area contributed by atoms with E-state index in [9.17, 15) is 0 Å². The van der Waals surface area contributed by atoms with Crippen LogP contribution in [0.3, 0.4) is 0 Å². The van der Waals surface area contributed by atoms with Crippen molar-refractivity contribution in [2.45, 2.75) is 25.7 Å². The molecular weight excluding hydrogens is 218 g/mol. The molecule has 2 aromatic heterocycles. The van der Waals surface area contributed by atoms with E-state index in [2.05, 4.69) is 28.0 Å². The smallest absolute Gasteiger partial charge is 0.156 e. The zero-order chi connectivity index (χ0) is 11.4. The second-order valence-electron chi connectivity index (χ2n) is 4.08. The minimum Gasteiger partial charge on any atom is -0.375 e. The highest BCUT2D eigenvalue weighted by atomic mass is 28.3. The Bertz CT molecular complexity index is 455. The summed E-state index contributed by atoms with van der Waals surface area (Å²) in [6, 6.07) is 3.11. The van der Waals surface area contributed by atoms with Gasteiger partial charge in [-0.3, -0.25) is 0 Å². The number of ether oxygens (including phenoxy) is 1. The van der Waals surface area contributed by atoms with Crippen LogP contribution in [0, 0.1) is 0 Å². The Labute approximate surface area is 96.7 Å². The lowest BCUT2D eigenvalue weighted by Crippen LogP contribution is -2.06. The number of nitrogens with one attached hydrogen (secondary N) is 1. The average molecular weight is 234 g/mol. The molecule has 1 N–H and O–H groups in total. The first kappa shape index (κ1) is 11.3. The molecule has 0 aromatic carbocycles. The van der Waals surface area contributed by atoms with Gasteiger partial charge in [0.15, 0.2) is 5.65 Å². The lowest BCUT2D eigenvalue weighted by Gasteiger charge is -2.04. The van der Waals surface area contributed by atoms with Gasteiger partial charge in [-0.05, 0) is 12.1 Å². The Morgan fingerprint density at radius 2 is 2.31 bits per heavy atom. The van der Waals surface area contributed by atoms with Crippen LogP contribution in [0.2, 0.25) is 19.1 Å². The molecule has 0 aliphatic heterocycles. The molecule has 0 unspecified atom stereocenters. The molecule has 4 nitrogen and oxygen atoms in total. The van der Waals surface area contributed by atoms with Gasteiger partial charge in [0.05, 0.1) is 18.5 Å². The number of H-pyrrole nitrogens is 1. The first-order valence-corrected chi connectivity index (χ1v) is 8.12. The minimum absolute atomic E-state index is 0.180. The van der Waals surface area contributed by atoms with Crippen LogP contribution >= 0.6 is 0 Å². The summed E-state index contributed by atoms with van der Waals surface area (Å²) in [6.07, 6.45) is 3.61. The Kier molecular flexibility index (Phi) is 3.69. The third kappa shape index (κ3) is 2.90. The van der Waals surface area contributed by atoms with Gasteiger partial charge in [-0.25, -0.2) is 9.97 Å². The van der Waals surface area contributed by atoms with Crippen LogP contribution in [0.5, 0.6) is 0 Å². The fourth-order valence-corrected chi connectivity index (χ4v) is 1.94. The molecule has 0 fully saturated rings. The molecule has 0 aliphatic carbocycles. The third-order valence-corrected chi connectivity index (χ3v) is 3.51. The maximum Gasteiger partial charge on any atom is 0.156 e. The van der Waals surface area contributed by atoms with Crippen LogP contribution in [-0.4, -0.2) is 30.4 Å². The van der Waals surface area contributed by atoms with Crippen molar-refractivity contribution in [3.63, 3.8) is 0 Å². The molecule has 0 spiro atoms. The molecule has 0 saturated carbocycles. The van der Waals surface area contributed by atoms with Crippen LogP contribution in [0.15, 0.2) is 18.5 Å². The normalized spacial score (nSPS) is 11.4. The van der Waals surface area contributed by atoms with E-state index in [1.807, 2.05) is 12.3 Å². The van der Waals surface area contributed by atoms with Gasteiger partial charge in [-0.2, -0.15) is 0 Å². The largest absolute Gasteiger partial charge is 0.375 e. The van der Waals surface area contributed by atoms with Crippen molar-refractivity contribution >= 4 is 20.0 Å². The van der Waals surface area contributed by atoms with Crippen molar-refractivity contribution in [3.8, 4) is 0 Å². The predicted molar refractivity (Wildman–Crippen MR) is 65.8 cm³/mol. The van der Waals surface area contributed by atoms with Crippen LogP contribution < -0.4 is 0 Å². The first-order valence-electron chi connectivity index (χ1n) is 5.41. The van der Waals surface area contributed by atoms with Gasteiger partial charge in [-0.15, -0.1) is 0 Å². The lowest BCUT2D eigenvalue weighted by atomic mass is 10.4. The second kappa shape index (κ2) is 5.22. The van der Waals surface area contributed by atoms with Crippen molar-refractivity contribution in [1.29, 1.82) is 0 Å². The highest BCUT2D eigenvalue weighted by Gasteiger charge is 2.01. The van der Waals surface area contributed by atoms with Gasteiger partial charge >= 0.3 is 0 Å². The second-order valence-corrected chi connectivity index (χ2v) is 7.00. The van der Waals surface area contributed by atoms with Crippen molar-refractivity contribution in [3.05, 3.63) is 24.2 Å². The van der Waals surface area contributed by atoms with Gasteiger partial charge in [-0.1, -0.05) is 13.1 Å². The number of aromatic amines is 1. The number of fused-ring (bicyclic) bond motifs is 1. The molecule has 0 saturated heterocycles. The maximum absolute atomic E-state index is 5.57. The molecule has 0 aliphatic rings. The zero-order valence-corrected chi connectivity index (χ0v) is 10.7. The Hall–Kier alpha value is -1.20. The van der Waals surface area contributed by atoms with Gasteiger partial charge < -0.3 is 9.72 Å². The minimum atomic E-state index is -0.180. The van der Waals surface area contributed by atoms with Crippen molar-refractivity contribution < 1.29 is 4.74 Å². The molecule has 0 amide bonds. The van der Waals surface area contributed by atoms with E-state index >= 15 is 0 Å². The molecule has 0 atom stereocenters. The Morgan fingerprint density at radius 3 is 3.12 bits per heavy atom. The number of nitrogens with zero attached hydrogens (tertiary/aromatic N) is 2. The standard InChI is InChI=1S/C11H16N3OSi/c1-16(2)6-5-15-8-9-7-13-11-10(14-9)3-4-12-11/h3-4,7H,5-6,8H2,1-2H3,(H,12,13). The summed E-state index contributed by atoms with van der Waals surface area (Å²) in [7, 11) is -0.180. The highest BCUT2D eigenvalue weighted by Crippen LogP contribution is 2.07. The molecular formula is C11H16N3OSi. The zero-order valence-electron chi connectivity index (χ0n) is 9.66. The van der Waals surface area contributed by atoms with Crippen LogP contribution in [-0.2, 0) is 11.3 Å². The molecule has 16 heavy (non-hydrogen) atoms. The van der Waals surface area contributed by atoms with Crippen molar-refractivity contribution in [1.82, 2.24) is 15.0 Å². The SMILES string of the molecule is C[Si](C)CCOCc1cnc2[nH]ccc2n1. The number of aromatic nitrogens is 3. The summed E-state index contributed by atoms with van der Waals surface area (Å²) in [5.74, 6) is 0. The van der Waals surface area contributed by atoms with E-state index in [1.165, 1.54) is 6.04 Å². The monoisotopic (exact) mass is 234 g/mol. The quantitative estimate of drug-likeness (QED) is 0.637. The molecule has 1 radical (unpaired) electrons. The summed E-state index contributed by atoms with van der Waals surface area (Å²) in [4.78, 5) is 11.7. The highest BCUT2D eigenvalue weighted by molar-refractivity contribution is 6.55. The predicted octanol–water partition coefficient (Wildman–Crippen LogP) is 2.23. The van der Waals surface area contributed by atoms with Gasteiger partial charge in [0.1, 0.15) is 5.52 Å². The molecule has 5 heteroatoms. The first-order chi connectivity index (χ1) is 7.75. The molecule has 2 rings (SSSR count). The molecule has 2 heterocycles. The maximum atomic E-state index is 5.57. The van der Waals surface area contributed by atoms with Gasteiger partial charge in [0.2, 0.25) is 0 Å². The van der Waals surface area contributed by atoms with E-state index in [4.69, 9.17) is 4.74 Å². The van der Waals surface area contributed by atoms with Crippen molar-refractivity contribution in [2.24, 2.45) is 0 Å². The molecule has 2 aromatic rings. The van der Waals surface area contributed by atoms with Crippen LogP contribution in [0.4, 0.5) is 0 Å². The summed E-state index contributed by atoms with van der Waals surface area (Å²) in [5.41, 5.74) is 2.63. The topological polar surface area (TPSA) is 50.8 Å². The Balaban J connectivity index is 1.89. The molecule has 0 bridgehead atoms. The van der Waals surface area contributed by atoms with Crippen LogP contribution in [0.25, 0.3) is 11.2 Å². The summed E-state index contributed by atoms with van der Waals surface area (Å²) >= 11 is 0. The fraction of sp³-hybridized carbons (Fsp3) is 0.455. The molecule has 85 valence electrons. The van der Waals surface area contributed by atoms with Crippen LogP contribution in [0.1, 0.15) is 5.69 Å². The summed E-state index contributed by atoms with van der Waals surface area (Å²) < 4.78 is 5.57. The van der Waals surface area contributed by atoms with E-state index < -0.39 is 0 Å². The number of hydrogen-bond donors (Lipinski definition) is 1. The number of hydrogen-bond acceptors (Lipinski definition) is 3. The summed E-state index contributed by atoms with van der Waals surface area (Å²) in [6.45, 7) is 5.97. The summed E-state index contributed by atoms with van der Waals surface area (Å²) in [5, 5.41) is 0. The Morgan fingerprint density at radius 1 is 1.44 bits per heavy atom.